The molecule has 0 aliphatic rings. The van der Waals surface area contributed by atoms with Gasteiger partial charge in [-0.15, -0.1) is 18.2 Å². The minimum Gasteiger partial charge on any atom is -0.122 e. The molecule has 0 nitrogen and oxygen atoms in total. The summed E-state index contributed by atoms with van der Waals surface area (Å²) in [7, 11) is 3.37. The molecule has 1 aromatic carbocycles. The first-order valence-electron chi connectivity index (χ1n) is 3.30. The van der Waals surface area contributed by atoms with Crippen LogP contribution in [0.1, 0.15) is 11.1 Å². The molecule has 0 saturated heterocycles. The Morgan fingerprint density at radius 1 is 1.45 bits per heavy atom. The van der Waals surface area contributed by atoms with Gasteiger partial charge in [0, 0.05) is 5.88 Å². The predicted molar refractivity (Wildman–Crippen MR) is 50.8 cm³/mol. The fourth-order valence-corrected chi connectivity index (χ4v) is 1.41. The lowest BCUT2D eigenvalue weighted by Crippen LogP contribution is -1.88. The molecular weight excluding hydrogens is 172 g/mol. The molecule has 0 fully saturated rings. The van der Waals surface area contributed by atoms with Crippen LogP contribution >= 0.6 is 11.6 Å². The van der Waals surface area contributed by atoms with Crippen molar-refractivity contribution in [3.8, 4) is 0 Å². The van der Waals surface area contributed by atoms with Crippen LogP contribution in [0, 0.1) is 0 Å². The Morgan fingerprint density at radius 3 is 2.55 bits per heavy atom. The molecule has 0 spiro atoms. The van der Waals surface area contributed by atoms with E-state index in [1.807, 2.05) is 24.3 Å². The second kappa shape index (κ2) is 3.74. The van der Waals surface area contributed by atoms with E-state index in [1.54, 1.807) is 0 Å². The third kappa shape index (κ3) is 1.95. The zero-order valence-corrected chi connectivity index (χ0v) is 7.86. The third-order valence-corrected chi connectivity index (χ3v) is 2.04. The molecule has 0 amide bonds. The van der Waals surface area contributed by atoms with Crippen molar-refractivity contribution in [2.45, 2.75) is 5.88 Å². The highest BCUT2D eigenvalue weighted by molar-refractivity contribution is 6.42. The van der Waals surface area contributed by atoms with Gasteiger partial charge in [0.15, 0.2) is 0 Å². The van der Waals surface area contributed by atoms with Gasteiger partial charge in [-0.25, -0.2) is 0 Å². The number of hydrogen-bond acceptors (Lipinski definition) is 0. The van der Waals surface area contributed by atoms with Crippen LogP contribution in [0.4, 0.5) is 0 Å². The highest BCUT2D eigenvalue weighted by Crippen LogP contribution is 2.16. The van der Waals surface area contributed by atoms with Gasteiger partial charge < -0.3 is 0 Å². The second-order valence-electron chi connectivity index (χ2n) is 2.27. The normalized spacial score (nSPS) is 9.64. The smallest absolute Gasteiger partial charge is 0.0712 e. The Bertz CT molecular complexity index is 268. The summed E-state index contributed by atoms with van der Waals surface area (Å²) in [5.41, 5.74) is 2.19. The van der Waals surface area contributed by atoms with E-state index in [9.17, 15) is 0 Å². The molecule has 3 radical (unpaired) electrons. The highest BCUT2D eigenvalue weighted by Gasteiger charge is 1.98. The molecule has 0 atom stereocenters. The maximum Gasteiger partial charge on any atom is 0.0712 e. The molecule has 1 rings (SSSR count). The zero-order chi connectivity index (χ0) is 8.27. The van der Waals surface area contributed by atoms with Crippen molar-refractivity contribution < 1.29 is 0 Å². The lowest BCUT2D eigenvalue weighted by molar-refractivity contribution is 1.38. The van der Waals surface area contributed by atoms with Gasteiger partial charge in [0.25, 0.3) is 0 Å². The monoisotopic (exact) mass is 179 g/mol. The summed E-state index contributed by atoms with van der Waals surface area (Å²) < 4.78 is 0. The first-order valence-corrected chi connectivity index (χ1v) is 4.34. The number of halogens is 1. The summed E-state index contributed by atoms with van der Waals surface area (Å²) in [5, 5.41) is 0.876. The lowest BCUT2D eigenvalue weighted by atomic mass is 10.1. The highest BCUT2D eigenvalue weighted by atomic mass is 35.5. The van der Waals surface area contributed by atoms with E-state index in [-0.39, 0.29) is 0 Å². The fourth-order valence-electron chi connectivity index (χ4n) is 0.931. The first kappa shape index (κ1) is 8.56. The number of alkyl halides is 1. The van der Waals surface area contributed by atoms with Gasteiger partial charge in [-0.2, -0.15) is 0 Å². The largest absolute Gasteiger partial charge is 0.122 e. The summed E-state index contributed by atoms with van der Waals surface area (Å²) >= 11 is 5.71. The fraction of sp³-hybridized carbons (Fsp3) is 0.111. The van der Waals surface area contributed by atoms with Gasteiger partial charge >= 0.3 is 0 Å². The molecule has 0 heterocycles. The summed E-state index contributed by atoms with van der Waals surface area (Å²) in [4.78, 5) is 0. The molecule has 55 valence electrons. The number of hydrogen-bond donors (Lipinski definition) is 0. The summed E-state index contributed by atoms with van der Waals surface area (Å²) in [5.74, 6) is 0.527. The Morgan fingerprint density at radius 2 is 2.09 bits per heavy atom. The summed E-state index contributed by atoms with van der Waals surface area (Å²) in [6.45, 7) is 3.79. The molecule has 2 heteroatoms. The molecule has 0 unspecified atom stereocenters. The molecule has 0 N–H and O–H groups in total. The minimum absolute atomic E-state index is 0.527. The Hall–Kier alpha value is -0.533. The lowest BCUT2D eigenvalue weighted by Gasteiger charge is -2.04. The topological polar surface area (TPSA) is 0 Å². The average Bonchev–Trinajstić information content (AvgIpc) is 2.04. The molecule has 1 aromatic rings. The van der Waals surface area contributed by atoms with Crippen molar-refractivity contribution in [2.24, 2.45) is 0 Å². The van der Waals surface area contributed by atoms with Crippen LogP contribution in [-0.2, 0) is 5.88 Å². The third-order valence-electron chi connectivity index (χ3n) is 1.49. The molecule has 0 saturated carbocycles. The van der Waals surface area contributed by atoms with Crippen LogP contribution in [0.5, 0.6) is 0 Å². The van der Waals surface area contributed by atoms with E-state index in [2.05, 4.69) is 16.8 Å². The molecule has 0 aromatic heterocycles. The summed E-state index contributed by atoms with van der Waals surface area (Å²) in [6, 6.07) is 7.92. The van der Waals surface area contributed by atoms with Crippen LogP contribution in [0.2, 0.25) is 0 Å². The van der Waals surface area contributed by atoms with Crippen molar-refractivity contribution in [1.29, 1.82) is 0 Å². The quantitative estimate of drug-likeness (QED) is 0.484. The standard InChI is InChI=1S/C9H8ClSi/c1-7(11)9-5-3-2-4-8(9)6-10/h2-5H,1,6H2. The summed E-state index contributed by atoms with van der Waals surface area (Å²) in [6.07, 6.45) is 0. The van der Waals surface area contributed by atoms with Crippen molar-refractivity contribution >= 4 is 27.0 Å². The van der Waals surface area contributed by atoms with Crippen molar-refractivity contribution in [3.05, 3.63) is 42.0 Å². The minimum atomic E-state index is 0.527. The molecule has 11 heavy (non-hydrogen) atoms. The first-order chi connectivity index (χ1) is 5.25. The van der Waals surface area contributed by atoms with Gasteiger partial charge in [0.1, 0.15) is 0 Å². The van der Waals surface area contributed by atoms with Crippen LogP contribution in [0.25, 0.3) is 5.20 Å². The Kier molecular flexibility index (Phi) is 2.91. The van der Waals surface area contributed by atoms with Gasteiger partial charge in [-0.05, 0) is 11.1 Å². The van der Waals surface area contributed by atoms with Gasteiger partial charge in [-0.3, -0.25) is 0 Å². The maximum atomic E-state index is 5.71. The van der Waals surface area contributed by atoms with Crippen molar-refractivity contribution in [1.82, 2.24) is 0 Å². The molecule has 0 aliphatic heterocycles. The van der Waals surface area contributed by atoms with E-state index in [0.717, 1.165) is 16.3 Å². The van der Waals surface area contributed by atoms with Gasteiger partial charge in [0.2, 0.25) is 0 Å². The number of benzene rings is 1. The molecular formula is C9H8ClSi. The van der Waals surface area contributed by atoms with E-state index in [0.29, 0.717) is 5.88 Å². The van der Waals surface area contributed by atoms with Crippen molar-refractivity contribution in [2.75, 3.05) is 0 Å². The predicted octanol–water partition coefficient (Wildman–Crippen LogP) is 2.56. The average molecular weight is 180 g/mol. The SMILES string of the molecule is C=C([Si])c1ccccc1CCl. The molecule has 0 bridgehead atoms. The number of rotatable bonds is 2. The van der Waals surface area contributed by atoms with E-state index in [4.69, 9.17) is 11.6 Å². The van der Waals surface area contributed by atoms with Crippen LogP contribution in [0.3, 0.4) is 0 Å². The Labute approximate surface area is 75.3 Å². The Balaban J connectivity index is 3.12. The van der Waals surface area contributed by atoms with Gasteiger partial charge in [-0.1, -0.05) is 29.5 Å². The second-order valence-corrected chi connectivity index (χ2v) is 3.14. The van der Waals surface area contributed by atoms with Gasteiger partial charge in [0.05, 0.1) is 10.2 Å². The molecule has 0 aliphatic carbocycles. The zero-order valence-electron chi connectivity index (χ0n) is 6.10. The van der Waals surface area contributed by atoms with E-state index in [1.165, 1.54) is 0 Å². The van der Waals surface area contributed by atoms with Crippen LogP contribution in [0.15, 0.2) is 30.8 Å². The van der Waals surface area contributed by atoms with Crippen LogP contribution in [-0.4, -0.2) is 10.2 Å². The van der Waals surface area contributed by atoms with E-state index >= 15 is 0 Å². The maximum absolute atomic E-state index is 5.71. The van der Waals surface area contributed by atoms with Crippen LogP contribution < -0.4 is 0 Å². The van der Waals surface area contributed by atoms with E-state index < -0.39 is 0 Å². The van der Waals surface area contributed by atoms with Crippen molar-refractivity contribution in [3.63, 3.8) is 0 Å².